The molecule has 3 nitrogen and oxygen atoms in total. The monoisotopic (exact) mass is 366 g/mol. The Morgan fingerprint density at radius 2 is 1.56 bits per heavy atom. The zero-order chi connectivity index (χ0) is 11.5. The summed E-state index contributed by atoms with van der Waals surface area (Å²) in [6.07, 6.45) is 3.32. The highest BCUT2D eigenvalue weighted by Gasteiger charge is 2.03. The van der Waals surface area contributed by atoms with Gasteiger partial charge in [0.05, 0.1) is 0 Å². The number of benzene rings is 1. The second-order valence-corrected chi connectivity index (χ2v) is 5.01. The average Bonchev–Trinajstić information content (AvgIpc) is 2.20. The molecular weight excluding hydrogens is 362 g/mol. The molecule has 2 rings (SSSR count). The molecule has 0 spiro atoms. The molecule has 0 bridgehead atoms. The molecule has 82 valence electrons. The normalized spacial score (nSPS) is 10.2. The van der Waals surface area contributed by atoms with Crippen molar-refractivity contribution < 1.29 is 4.74 Å². The van der Waals surface area contributed by atoms with Gasteiger partial charge in [-0.2, -0.15) is 0 Å². The van der Waals surface area contributed by atoms with E-state index in [1.165, 1.54) is 0 Å². The Hall–Kier alpha value is -0.590. The zero-order valence-corrected chi connectivity index (χ0v) is 11.5. The minimum Gasteiger partial charge on any atom is -0.424 e. The van der Waals surface area contributed by atoms with Gasteiger partial charge in [0.1, 0.15) is 5.75 Å². The van der Waals surface area contributed by atoms with Crippen molar-refractivity contribution in [1.29, 1.82) is 0 Å². The molecule has 0 radical (unpaired) electrons. The SMILES string of the molecule is Clc1cc(Cl)cc(Oc2ncc(I)cn2)c1. The topological polar surface area (TPSA) is 35.0 Å². The molecule has 1 aromatic heterocycles. The number of rotatable bonds is 2. The van der Waals surface area contributed by atoms with E-state index in [-0.39, 0.29) is 6.01 Å². The third kappa shape index (κ3) is 3.20. The highest BCUT2D eigenvalue weighted by Crippen LogP contribution is 2.26. The minimum atomic E-state index is 0.263. The molecule has 0 saturated heterocycles. The minimum absolute atomic E-state index is 0.263. The zero-order valence-electron chi connectivity index (χ0n) is 7.82. The number of aromatic nitrogens is 2. The second-order valence-electron chi connectivity index (χ2n) is 2.89. The smallest absolute Gasteiger partial charge is 0.321 e. The van der Waals surface area contributed by atoms with Crippen LogP contribution in [-0.2, 0) is 0 Å². The fraction of sp³-hybridized carbons (Fsp3) is 0. The number of hydrogen-bond donors (Lipinski definition) is 0. The van der Waals surface area contributed by atoms with Gasteiger partial charge in [-0.25, -0.2) is 9.97 Å². The molecule has 0 aliphatic rings. The first kappa shape index (κ1) is 11.9. The fourth-order valence-corrected chi connectivity index (χ4v) is 1.83. The van der Waals surface area contributed by atoms with Crippen LogP contribution in [0.3, 0.4) is 0 Å². The Balaban J connectivity index is 2.23. The average molecular weight is 367 g/mol. The van der Waals surface area contributed by atoms with Crippen LogP contribution in [0.25, 0.3) is 0 Å². The van der Waals surface area contributed by atoms with Crippen LogP contribution in [0.1, 0.15) is 0 Å². The number of halogens is 3. The largest absolute Gasteiger partial charge is 0.424 e. The van der Waals surface area contributed by atoms with E-state index in [4.69, 9.17) is 27.9 Å². The second kappa shape index (κ2) is 5.16. The maximum Gasteiger partial charge on any atom is 0.321 e. The van der Waals surface area contributed by atoms with Crippen molar-refractivity contribution in [2.24, 2.45) is 0 Å². The first-order valence-corrected chi connectivity index (χ1v) is 6.08. The lowest BCUT2D eigenvalue weighted by atomic mass is 10.3. The van der Waals surface area contributed by atoms with Crippen LogP contribution in [-0.4, -0.2) is 9.97 Å². The van der Waals surface area contributed by atoms with Crippen LogP contribution < -0.4 is 4.74 Å². The van der Waals surface area contributed by atoms with Gasteiger partial charge in [0.2, 0.25) is 0 Å². The molecule has 0 amide bonds. The molecule has 0 unspecified atom stereocenters. The highest BCUT2D eigenvalue weighted by atomic mass is 127. The van der Waals surface area contributed by atoms with Crippen molar-refractivity contribution in [2.45, 2.75) is 0 Å². The number of hydrogen-bond acceptors (Lipinski definition) is 3. The van der Waals surface area contributed by atoms with Gasteiger partial charge in [0.25, 0.3) is 0 Å². The summed E-state index contributed by atoms with van der Waals surface area (Å²) in [6, 6.07) is 5.19. The Labute approximate surface area is 116 Å². The third-order valence-corrected chi connectivity index (χ3v) is 2.64. The first-order valence-electron chi connectivity index (χ1n) is 4.25. The van der Waals surface area contributed by atoms with E-state index < -0.39 is 0 Å². The molecule has 1 heterocycles. The van der Waals surface area contributed by atoms with Gasteiger partial charge >= 0.3 is 6.01 Å². The molecule has 0 aliphatic carbocycles. The van der Waals surface area contributed by atoms with Crippen molar-refractivity contribution in [3.05, 3.63) is 44.2 Å². The summed E-state index contributed by atoms with van der Waals surface area (Å²) < 4.78 is 6.34. The quantitative estimate of drug-likeness (QED) is 0.748. The van der Waals surface area contributed by atoms with E-state index in [0.29, 0.717) is 15.8 Å². The van der Waals surface area contributed by atoms with Crippen LogP contribution in [0.2, 0.25) is 10.0 Å². The fourth-order valence-electron chi connectivity index (χ4n) is 1.05. The van der Waals surface area contributed by atoms with E-state index in [2.05, 4.69) is 32.6 Å². The number of nitrogens with zero attached hydrogens (tertiary/aromatic N) is 2. The maximum atomic E-state index is 5.84. The van der Waals surface area contributed by atoms with E-state index >= 15 is 0 Å². The van der Waals surface area contributed by atoms with Crippen molar-refractivity contribution >= 4 is 45.8 Å². The van der Waals surface area contributed by atoms with Crippen molar-refractivity contribution in [1.82, 2.24) is 9.97 Å². The Bertz CT molecular complexity index is 484. The summed E-state index contributed by atoms with van der Waals surface area (Å²) in [7, 11) is 0. The molecule has 0 atom stereocenters. The molecule has 2 aromatic rings. The lowest BCUT2D eigenvalue weighted by Gasteiger charge is -2.04. The molecule has 1 aromatic carbocycles. The van der Waals surface area contributed by atoms with Crippen molar-refractivity contribution in [2.75, 3.05) is 0 Å². The molecule has 0 N–H and O–H groups in total. The van der Waals surface area contributed by atoms with Gasteiger partial charge < -0.3 is 4.74 Å². The van der Waals surface area contributed by atoms with Gasteiger partial charge in [-0.3, -0.25) is 0 Å². The first-order chi connectivity index (χ1) is 7.63. The van der Waals surface area contributed by atoms with E-state index in [1.54, 1.807) is 30.6 Å². The summed E-state index contributed by atoms with van der Waals surface area (Å²) in [4.78, 5) is 8.01. The standard InChI is InChI=1S/C10H5Cl2IN2O/c11-6-1-7(12)3-9(2-6)16-10-14-4-8(13)5-15-10/h1-5H. The molecule has 6 heteroatoms. The van der Waals surface area contributed by atoms with Crippen LogP contribution in [0, 0.1) is 3.57 Å². The number of ether oxygens (including phenoxy) is 1. The molecule has 0 fully saturated rings. The van der Waals surface area contributed by atoms with Crippen molar-refractivity contribution in [3.63, 3.8) is 0 Å². The summed E-state index contributed by atoms with van der Waals surface area (Å²) in [5.41, 5.74) is 0. The van der Waals surface area contributed by atoms with E-state index in [1.807, 2.05) is 0 Å². The van der Waals surface area contributed by atoms with Gasteiger partial charge in [-0.15, -0.1) is 0 Å². The Kier molecular flexibility index (Phi) is 3.83. The van der Waals surface area contributed by atoms with Gasteiger partial charge in [-0.05, 0) is 40.8 Å². The maximum absolute atomic E-state index is 5.84. The van der Waals surface area contributed by atoms with Crippen molar-refractivity contribution in [3.8, 4) is 11.8 Å². The van der Waals surface area contributed by atoms with Gasteiger partial charge in [-0.1, -0.05) is 23.2 Å². The summed E-state index contributed by atoms with van der Waals surface area (Å²) in [5.74, 6) is 0.513. The Morgan fingerprint density at radius 3 is 2.12 bits per heavy atom. The highest BCUT2D eigenvalue weighted by molar-refractivity contribution is 14.1. The van der Waals surface area contributed by atoms with Gasteiger partial charge in [0, 0.05) is 26.0 Å². The van der Waals surface area contributed by atoms with Gasteiger partial charge in [0.15, 0.2) is 0 Å². The summed E-state index contributed by atoms with van der Waals surface area (Å²) >= 11 is 13.8. The van der Waals surface area contributed by atoms with Crippen LogP contribution in [0.15, 0.2) is 30.6 Å². The Morgan fingerprint density at radius 1 is 1.00 bits per heavy atom. The molecule has 16 heavy (non-hydrogen) atoms. The molecule has 0 aliphatic heterocycles. The lowest BCUT2D eigenvalue weighted by Crippen LogP contribution is -1.91. The van der Waals surface area contributed by atoms with E-state index in [0.717, 1.165) is 3.57 Å². The van der Waals surface area contributed by atoms with Crippen LogP contribution in [0.5, 0.6) is 11.8 Å². The predicted octanol–water partition coefficient (Wildman–Crippen LogP) is 4.18. The predicted molar refractivity (Wildman–Crippen MR) is 71.3 cm³/mol. The summed E-state index contributed by atoms with van der Waals surface area (Å²) in [5, 5.41) is 1.01. The van der Waals surface area contributed by atoms with E-state index in [9.17, 15) is 0 Å². The van der Waals surface area contributed by atoms with Crippen LogP contribution in [0.4, 0.5) is 0 Å². The van der Waals surface area contributed by atoms with Crippen LogP contribution >= 0.6 is 45.8 Å². The third-order valence-electron chi connectivity index (χ3n) is 1.64. The molecular formula is C10H5Cl2IN2O. The molecule has 0 saturated carbocycles. The summed E-state index contributed by atoms with van der Waals surface area (Å²) in [6.45, 7) is 0. The lowest BCUT2D eigenvalue weighted by molar-refractivity contribution is 0.441.